The van der Waals surface area contributed by atoms with E-state index in [0.29, 0.717) is 21.4 Å². The third-order valence-electron chi connectivity index (χ3n) is 3.13. The van der Waals surface area contributed by atoms with Gasteiger partial charge in [-0.05, 0) is 31.5 Å². The summed E-state index contributed by atoms with van der Waals surface area (Å²) in [4.78, 5) is 39.6. The Morgan fingerprint density at radius 2 is 1.80 bits per heavy atom. The second-order valence-corrected chi connectivity index (χ2v) is 6.45. The first-order valence-electron chi connectivity index (χ1n) is 7.57. The summed E-state index contributed by atoms with van der Waals surface area (Å²) in [6, 6.07) is 7.37. The van der Waals surface area contributed by atoms with Crippen LogP contribution < -0.4 is 10.6 Å². The number of ketones is 1. The molecule has 0 atom stereocenters. The van der Waals surface area contributed by atoms with Crippen molar-refractivity contribution >= 4 is 39.8 Å². The molecule has 2 N–H and O–H groups in total. The van der Waals surface area contributed by atoms with Crippen molar-refractivity contribution in [3.63, 3.8) is 0 Å². The third-order valence-corrected chi connectivity index (χ3v) is 4.30. The molecule has 0 fully saturated rings. The van der Waals surface area contributed by atoms with Gasteiger partial charge in [0.05, 0.1) is 10.6 Å². The fourth-order valence-corrected chi connectivity index (χ4v) is 2.97. The molecule has 0 radical (unpaired) electrons. The van der Waals surface area contributed by atoms with Crippen molar-refractivity contribution in [3.05, 3.63) is 40.4 Å². The maximum atomic E-state index is 11.8. The molecule has 0 bridgehead atoms. The Morgan fingerprint density at radius 3 is 2.40 bits per heavy atom. The average molecular weight is 361 g/mol. The normalized spacial score (nSPS) is 10.4. The molecule has 1 heterocycles. The molecule has 1 aromatic heterocycles. The van der Waals surface area contributed by atoms with E-state index in [1.54, 1.807) is 13.0 Å². The first-order chi connectivity index (χ1) is 11.8. The topological polar surface area (TPSA) is 97.4 Å². The Kier molecular flexibility index (Phi) is 6.37. The van der Waals surface area contributed by atoms with E-state index in [9.17, 15) is 14.4 Å². The van der Waals surface area contributed by atoms with Gasteiger partial charge in [0.25, 0.3) is 5.91 Å². The molecule has 132 valence electrons. The number of benzene rings is 1. The highest BCUT2D eigenvalue weighted by atomic mass is 32.1. The van der Waals surface area contributed by atoms with Crippen LogP contribution in [0.25, 0.3) is 0 Å². The second kappa shape index (κ2) is 8.50. The molecule has 0 aliphatic carbocycles. The van der Waals surface area contributed by atoms with E-state index in [1.807, 2.05) is 25.1 Å². The molecule has 2 amide bonds. The lowest BCUT2D eigenvalue weighted by Crippen LogP contribution is -2.23. The lowest BCUT2D eigenvalue weighted by Gasteiger charge is -2.06. The number of nitrogens with zero attached hydrogens (tertiary/aromatic N) is 1. The molecule has 0 spiro atoms. The maximum absolute atomic E-state index is 11.8. The van der Waals surface area contributed by atoms with Gasteiger partial charge in [0.2, 0.25) is 5.91 Å². The van der Waals surface area contributed by atoms with Gasteiger partial charge in [-0.15, -0.1) is 0 Å². The van der Waals surface area contributed by atoms with Gasteiger partial charge < -0.3 is 10.1 Å². The highest BCUT2D eigenvalue weighted by Crippen LogP contribution is 2.22. The number of carbonyl (C=O) groups excluding carboxylic acids is 3. The van der Waals surface area contributed by atoms with Crippen LogP contribution in [0.2, 0.25) is 0 Å². The van der Waals surface area contributed by atoms with Crippen LogP contribution in [0, 0.1) is 13.8 Å². The van der Waals surface area contributed by atoms with Crippen LogP contribution >= 0.6 is 11.3 Å². The van der Waals surface area contributed by atoms with Gasteiger partial charge in [0, 0.05) is 12.6 Å². The molecule has 7 nitrogen and oxygen atoms in total. The minimum Gasteiger partial charge on any atom is -0.362 e. The van der Waals surface area contributed by atoms with Crippen molar-refractivity contribution in [3.8, 4) is 0 Å². The summed E-state index contributed by atoms with van der Waals surface area (Å²) in [5, 5.41) is 5.57. The zero-order valence-electron chi connectivity index (χ0n) is 14.2. The van der Waals surface area contributed by atoms with Crippen LogP contribution in [0.5, 0.6) is 0 Å². The highest BCUT2D eigenvalue weighted by molar-refractivity contribution is 7.17. The van der Waals surface area contributed by atoms with Gasteiger partial charge in [0.1, 0.15) is 13.2 Å². The minimum atomic E-state index is -0.438. The first kappa shape index (κ1) is 18.8. The largest absolute Gasteiger partial charge is 0.362 e. The standard InChI is InChI=1S/C17H19N3O4S/c1-10-5-4-6-13(7-10)19-14(22)8-24-9-15(23)20-17-18-11(2)16(25-17)12(3)21/h4-7H,8-9H2,1-3H3,(H,19,22)(H,18,20,23). The van der Waals surface area contributed by atoms with Crippen LogP contribution in [-0.2, 0) is 14.3 Å². The Balaban J connectivity index is 1.75. The summed E-state index contributed by atoms with van der Waals surface area (Å²) in [5.41, 5.74) is 2.28. The smallest absolute Gasteiger partial charge is 0.252 e. The summed E-state index contributed by atoms with van der Waals surface area (Å²) in [7, 11) is 0. The number of aryl methyl sites for hydroxylation is 2. The van der Waals surface area contributed by atoms with E-state index >= 15 is 0 Å². The fraction of sp³-hybridized carbons (Fsp3) is 0.294. The van der Waals surface area contributed by atoms with Crippen LogP contribution in [0.4, 0.5) is 10.8 Å². The Bertz CT molecular complexity index is 801. The first-order valence-corrected chi connectivity index (χ1v) is 8.39. The molecule has 0 saturated heterocycles. The zero-order valence-corrected chi connectivity index (χ0v) is 15.0. The van der Waals surface area contributed by atoms with Gasteiger partial charge >= 0.3 is 0 Å². The molecule has 0 saturated carbocycles. The van der Waals surface area contributed by atoms with Crippen molar-refractivity contribution in [2.75, 3.05) is 23.8 Å². The molecule has 1 aromatic carbocycles. The van der Waals surface area contributed by atoms with Crippen LogP contribution in [0.3, 0.4) is 0 Å². The molecule has 8 heteroatoms. The molecule has 2 aromatic rings. The number of anilines is 2. The van der Waals surface area contributed by atoms with E-state index in [-0.39, 0.29) is 24.9 Å². The molecular weight excluding hydrogens is 342 g/mol. The number of hydrogen-bond donors (Lipinski definition) is 2. The number of aromatic nitrogens is 1. The van der Waals surface area contributed by atoms with E-state index in [4.69, 9.17) is 4.74 Å². The number of carbonyl (C=O) groups is 3. The van der Waals surface area contributed by atoms with Gasteiger partial charge in [-0.3, -0.25) is 19.7 Å². The van der Waals surface area contributed by atoms with Crippen molar-refractivity contribution in [1.82, 2.24) is 4.98 Å². The van der Waals surface area contributed by atoms with Gasteiger partial charge in [-0.1, -0.05) is 23.5 Å². The minimum absolute atomic E-state index is 0.0976. The Hall–Kier alpha value is -2.58. The molecule has 25 heavy (non-hydrogen) atoms. The Morgan fingerprint density at radius 1 is 1.12 bits per heavy atom. The zero-order chi connectivity index (χ0) is 18.4. The second-order valence-electron chi connectivity index (χ2n) is 5.45. The fourth-order valence-electron chi connectivity index (χ4n) is 2.09. The Labute approximate surface area is 149 Å². The van der Waals surface area contributed by atoms with Crippen LogP contribution in [-0.4, -0.2) is 35.8 Å². The summed E-state index contributed by atoms with van der Waals surface area (Å²) in [6.45, 7) is 4.55. The van der Waals surface area contributed by atoms with Gasteiger partial charge in [-0.2, -0.15) is 0 Å². The molecule has 0 aliphatic heterocycles. The van der Waals surface area contributed by atoms with Crippen LogP contribution in [0.1, 0.15) is 27.9 Å². The number of hydrogen-bond acceptors (Lipinski definition) is 6. The molecule has 0 unspecified atom stereocenters. The predicted molar refractivity (Wildman–Crippen MR) is 96.1 cm³/mol. The van der Waals surface area contributed by atoms with Crippen molar-refractivity contribution < 1.29 is 19.1 Å². The number of thiazole rings is 1. The lowest BCUT2D eigenvalue weighted by atomic mass is 10.2. The van der Waals surface area contributed by atoms with E-state index in [2.05, 4.69) is 15.6 Å². The monoisotopic (exact) mass is 361 g/mol. The number of ether oxygens (including phenoxy) is 1. The van der Waals surface area contributed by atoms with Crippen molar-refractivity contribution in [2.24, 2.45) is 0 Å². The highest BCUT2D eigenvalue weighted by Gasteiger charge is 2.13. The molecule has 2 rings (SSSR count). The quantitative estimate of drug-likeness (QED) is 0.739. The number of rotatable bonds is 7. The maximum Gasteiger partial charge on any atom is 0.252 e. The number of amides is 2. The molecule has 0 aliphatic rings. The van der Waals surface area contributed by atoms with Crippen LogP contribution in [0.15, 0.2) is 24.3 Å². The summed E-state index contributed by atoms with van der Waals surface area (Å²) in [5.74, 6) is -0.880. The van der Waals surface area contributed by atoms with Crippen molar-refractivity contribution in [1.29, 1.82) is 0 Å². The van der Waals surface area contributed by atoms with E-state index in [0.717, 1.165) is 16.9 Å². The number of nitrogens with one attached hydrogen (secondary N) is 2. The molecular formula is C17H19N3O4S. The lowest BCUT2D eigenvalue weighted by molar-refractivity contribution is -0.125. The third kappa shape index (κ3) is 5.77. The van der Waals surface area contributed by atoms with E-state index < -0.39 is 5.91 Å². The van der Waals surface area contributed by atoms with Gasteiger partial charge in [-0.25, -0.2) is 4.98 Å². The summed E-state index contributed by atoms with van der Waals surface area (Å²) < 4.78 is 5.10. The summed E-state index contributed by atoms with van der Waals surface area (Å²) >= 11 is 1.11. The SMILES string of the molecule is CC(=O)c1sc(NC(=O)COCC(=O)Nc2cccc(C)c2)nc1C. The average Bonchev–Trinajstić information content (AvgIpc) is 2.87. The summed E-state index contributed by atoms with van der Waals surface area (Å²) in [6.07, 6.45) is 0. The van der Waals surface area contributed by atoms with Crippen molar-refractivity contribution in [2.45, 2.75) is 20.8 Å². The predicted octanol–water partition coefficient (Wildman–Crippen LogP) is 2.56. The number of Topliss-reactive ketones (excluding diaryl/α,β-unsaturated/α-hetero) is 1. The van der Waals surface area contributed by atoms with E-state index in [1.165, 1.54) is 6.92 Å². The van der Waals surface area contributed by atoms with Gasteiger partial charge in [0.15, 0.2) is 10.9 Å².